The van der Waals surface area contributed by atoms with Crippen LogP contribution in [-0.2, 0) is 16.0 Å². The second kappa shape index (κ2) is 7.33. The van der Waals surface area contributed by atoms with E-state index in [1.165, 1.54) is 13.0 Å². The van der Waals surface area contributed by atoms with Gasteiger partial charge in [0.2, 0.25) is 5.91 Å². The first-order chi connectivity index (χ1) is 9.83. The smallest absolute Gasteiger partial charge is 0.326 e. The van der Waals surface area contributed by atoms with Gasteiger partial charge in [-0.25, -0.2) is 13.6 Å². The van der Waals surface area contributed by atoms with Gasteiger partial charge >= 0.3 is 5.97 Å². The number of halogens is 2. The maximum Gasteiger partial charge on any atom is 0.326 e. The second-order valence-electron chi connectivity index (χ2n) is 4.65. The molecule has 0 saturated carbocycles. The standard InChI is InChI=1S/C14H14F2N2O3/c1-8(7-17)4-12(14(20)21)18-13(19)6-9-2-3-10(15)11(16)5-9/h2-3,5,8,12H,4,6H2,1H3,(H,18,19)(H,20,21)/t8-,12-/m0/s1. The molecule has 0 aliphatic heterocycles. The molecule has 0 heterocycles. The Balaban J connectivity index is 2.67. The monoisotopic (exact) mass is 296 g/mol. The van der Waals surface area contributed by atoms with Gasteiger partial charge in [0, 0.05) is 5.92 Å². The third kappa shape index (κ3) is 5.18. The second-order valence-corrected chi connectivity index (χ2v) is 4.65. The van der Waals surface area contributed by atoms with Gasteiger partial charge in [0.25, 0.3) is 0 Å². The number of nitrogens with zero attached hydrogens (tertiary/aromatic N) is 1. The summed E-state index contributed by atoms with van der Waals surface area (Å²) in [5.74, 6) is -4.53. The van der Waals surface area contributed by atoms with Crippen LogP contribution in [0.15, 0.2) is 18.2 Å². The fourth-order valence-corrected chi connectivity index (χ4v) is 1.71. The van der Waals surface area contributed by atoms with E-state index in [-0.39, 0.29) is 18.4 Å². The topological polar surface area (TPSA) is 90.2 Å². The molecular weight excluding hydrogens is 282 g/mol. The van der Waals surface area contributed by atoms with Crippen LogP contribution in [0.25, 0.3) is 0 Å². The minimum Gasteiger partial charge on any atom is -0.480 e. The summed E-state index contributed by atoms with van der Waals surface area (Å²) in [5, 5.41) is 19.9. The van der Waals surface area contributed by atoms with Crippen LogP contribution >= 0.6 is 0 Å². The molecule has 5 nitrogen and oxygen atoms in total. The number of carbonyl (C=O) groups excluding carboxylic acids is 1. The lowest BCUT2D eigenvalue weighted by molar-refractivity contribution is -0.142. The zero-order valence-corrected chi connectivity index (χ0v) is 11.3. The van der Waals surface area contributed by atoms with Crippen LogP contribution in [0.5, 0.6) is 0 Å². The molecule has 0 aliphatic carbocycles. The van der Waals surface area contributed by atoms with E-state index in [9.17, 15) is 18.4 Å². The zero-order valence-electron chi connectivity index (χ0n) is 11.3. The van der Waals surface area contributed by atoms with E-state index in [0.29, 0.717) is 0 Å². The van der Waals surface area contributed by atoms with E-state index in [4.69, 9.17) is 10.4 Å². The molecular formula is C14H14F2N2O3. The molecule has 1 aromatic carbocycles. The Morgan fingerprint density at radius 1 is 1.38 bits per heavy atom. The summed E-state index contributed by atoms with van der Waals surface area (Å²) in [6, 6.07) is 3.70. The third-order valence-electron chi connectivity index (χ3n) is 2.79. The predicted molar refractivity (Wildman–Crippen MR) is 69.0 cm³/mol. The molecule has 0 aromatic heterocycles. The molecule has 2 N–H and O–H groups in total. The number of carbonyl (C=O) groups is 2. The number of aliphatic carboxylic acids is 1. The van der Waals surface area contributed by atoms with Gasteiger partial charge in [0.15, 0.2) is 11.6 Å². The van der Waals surface area contributed by atoms with E-state index in [1.807, 2.05) is 6.07 Å². The molecule has 0 unspecified atom stereocenters. The van der Waals surface area contributed by atoms with Crippen molar-refractivity contribution in [3.63, 3.8) is 0 Å². The SMILES string of the molecule is C[C@H](C#N)C[C@H](NC(=O)Cc1ccc(F)c(F)c1)C(=O)O. The first kappa shape index (κ1) is 16.6. The van der Waals surface area contributed by atoms with Gasteiger partial charge in [-0.2, -0.15) is 5.26 Å². The maximum atomic E-state index is 13.0. The van der Waals surface area contributed by atoms with Crippen molar-refractivity contribution in [2.75, 3.05) is 0 Å². The number of hydrogen-bond acceptors (Lipinski definition) is 3. The number of benzene rings is 1. The summed E-state index contributed by atoms with van der Waals surface area (Å²) >= 11 is 0. The molecule has 0 aliphatic rings. The van der Waals surface area contributed by atoms with E-state index in [1.54, 1.807) is 0 Å². The number of amides is 1. The van der Waals surface area contributed by atoms with Crippen molar-refractivity contribution in [1.29, 1.82) is 5.26 Å². The summed E-state index contributed by atoms with van der Waals surface area (Å²) in [7, 11) is 0. The summed E-state index contributed by atoms with van der Waals surface area (Å²) in [4.78, 5) is 22.7. The zero-order chi connectivity index (χ0) is 16.0. The Morgan fingerprint density at radius 3 is 2.57 bits per heavy atom. The van der Waals surface area contributed by atoms with E-state index in [2.05, 4.69) is 5.32 Å². The maximum absolute atomic E-state index is 13.0. The minimum absolute atomic E-state index is 0.0324. The van der Waals surface area contributed by atoms with Gasteiger partial charge in [-0.15, -0.1) is 0 Å². The van der Waals surface area contributed by atoms with Gasteiger partial charge in [-0.3, -0.25) is 4.79 Å². The van der Waals surface area contributed by atoms with Gasteiger partial charge in [-0.05, 0) is 31.0 Å². The molecule has 0 saturated heterocycles. The Bertz CT molecular complexity index is 584. The highest BCUT2D eigenvalue weighted by Crippen LogP contribution is 2.10. The molecule has 1 amide bonds. The number of nitrogens with one attached hydrogen (secondary N) is 1. The fraction of sp³-hybridized carbons (Fsp3) is 0.357. The average molecular weight is 296 g/mol. The van der Waals surface area contributed by atoms with E-state index < -0.39 is 35.5 Å². The van der Waals surface area contributed by atoms with Crippen molar-refractivity contribution < 1.29 is 23.5 Å². The van der Waals surface area contributed by atoms with E-state index >= 15 is 0 Å². The Morgan fingerprint density at radius 2 is 2.05 bits per heavy atom. The molecule has 0 spiro atoms. The summed E-state index contributed by atoms with van der Waals surface area (Å²) in [6.07, 6.45) is -0.308. The molecule has 1 aromatic rings. The van der Waals surface area contributed by atoms with Crippen molar-refractivity contribution in [1.82, 2.24) is 5.32 Å². The minimum atomic E-state index is -1.25. The van der Waals surface area contributed by atoms with Crippen molar-refractivity contribution >= 4 is 11.9 Å². The molecule has 1 rings (SSSR count). The lowest BCUT2D eigenvalue weighted by atomic mass is 10.0. The van der Waals surface area contributed by atoms with Crippen molar-refractivity contribution in [2.24, 2.45) is 5.92 Å². The highest BCUT2D eigenvalue weighted by atomic mass is 19.2. The Labute approximate surface area is 120 Å². The Kier molecular flexibility index (Phi) is 5.79. The molecule has 0 fully saturated rings. The number of carboxylic acid groups (broad SMARTS) is 1. The van der Waals surface area contributed by atoms with Crippen LogP contribution in [0.3, 0.4) is 0 Å². The fourth-order valence-electron chi connectivity index (χ4n) is 1.71. The van der Waals surface area contributed by atoms with Crippen LogP contribution in [0.2, 0.25) is 0 Å². The molecule has 112 valence electrons. The first-order valence-electron chi connectivity index (χ1n) is 6.19. The summed E-state index contributed by atoms with van der Waals surface area (Å²) in [5.41, 5.74) is 0.226. The molecule has 21 heavy (non-hydrogen) atoms. The molecule has 7 heteroatoms. The van der Waals surface area contributed by atoms with Crippen LogP contribution in [0.4, 0.5) is 8.78 Å². The molecule has 2 atom stereocenters. The van der Waals surface area contributed by atoms with Crippen molar-refractivity contribution in [3.8, 4) is 6.07 Å². The van der Waals surface area contributed by atoms with Gasteiger partial charge in [-0.1, -0.05) is 6.07 Å². The van der Waals surface area contributed by atoms with Crippen LogP contribution in [0, 0.1) is 28.9 Å². The average Bonchev–Trinajstić information content (AvgIpc) is 2.41. The summed E-state index contributed by atoms with van der Waals surface area (Å²) < 4.78 is 25.8. The Hall–Kier alpha value is -2.49. The van der Waals surface area contributed by atoms with E-state index in [0.717, 1.165) is 12.1 Å². The number of hydrogen-bond donors (Lipinski definition) is 2. The summed E-state index contributed by atoms with van der Waals surface area (Å²) in [6.45, 7) is 1.54. The van der Waals surface area contributed by atoms with Crippen LogP contribution in [-0.4, -0.2) is 23.0 Å². The first-order valence-corrected chi connectivity index (χ1v) is 6.19. The highest BCUT2D eigenvalue weighted by molar-refractivity contribution is 5.84. The number of nitriles is 1. The number of rotatable bonds is 6. The quantitative estimate of drug-likeness (QED) is 0.834. The largest absolute Gasteiger partial charge is 0.480 e. The van der Waals surface area contributed by atoms with Crippen molar-refractivity contribution in [3.05, 3.63) is 35.4 Å². The van der Waals surface area contributed by atoms with Crippen LogP contribution in [0.1, 0.15) is 18.9 Å². The van der Waals surface area contributed by atoms with Crippen LogP contribution < -0.4 is 5.32 Å². The molecule has 0 bridgehead atoms. The van der Waals surface area contributed by atoms with Crippen molar-refractivity contribution in [2.45, 2.75) is 25.8 Å². The van der Waals surface area contributed by atoms with Gasteiger partial charge in [0.1, 0.15) is 6.04 Å². The lowest BCUT2D eigenvalue weighted by Gasteiger charge is -2.15. The van der Waals surface area contributed by atoms with Gasteiger partial charge in [0.05, 0.1) is 12.5 Å². The third-order valence-corrected chi connectivity index (χ3v) is 2.79. The normalized spacial score (nSPS) is 13.0. The predicted octanol–water partition coefficient (Wildman–Crippen LogP) is 1.63. The molecule has 0 radical (unpaired) electrons. The highest BCUT2D eigenvalue weighted by Gasteiger charge is 2.22. The van der Waals surface area contributed by atoms with Gasteiger partial charge < -0.3 is 10.4 Å². The lowest BCUT2D eigenvalue weighted by Crippen LogP contribution is -2.42. The number of carboxylic acids is 1.